The SMILES string of the molecule is CN=C(NCCc1ccco1)NCc1ccc(Oc2ccc(F)cc2)nc1.I. The van der Waals surface area contributed by atoms with Crippen molar-refractivity contribution in [3.8, 4) is 11.6 Å². The van der Waals surface area contributed by atoms with Crippen molar-refractivity contribution in [3.63, 3.8) is 0 Å². The summed E-state index contributed by atoms with van der Waals surface area (Å²) in [6.45, 7) is 1.29. The minimum absolute atomic E-state index is 0. The van der Waals surface area contributed by atoms with Gasteiger partial charge >= 0.3 is 0 Å². The van der Waals surface area contributed by atoms with Crippen LogP contribution in [0.2, 0.25) is 0 Å². The quantitative estimate of drug-likeness (QED) is 0.293. The average Bonchev–Trinajstić information content (AvgIpc) is 3.21. The van der Waals surface area contributed by atoms with E-state index < -0.39 is 0 Å². The molecule has 0 amide bonds. The number of furan rings is 1. The number of pyridine rings is 1. The van der Waals surface area contributed by atoms with Gasteiger partial charge in [0, 0.05) is 38.8 Å². The van der Waals surface area contributed by atoms with Gasteiger partial charge in [-0.25, -0.2) is 9.37 Å². The molecular formula is C20H22FIN4O2. The Morgan fingerprint density at radius 3 is 2.61 bits per heavy atom. The number of halogens is 2. The van der Waals surface area contributed by atoms with E-state index in [1.807, 2.05) is 18.2 Å². The zero-order chi connectivity index (χ0) is 18.9. The Bertz CT molecular complexity index is 853. The standard InChI is InChI=1S/C20H21FN4O2.HI/c1-22-20(23-11-10-17-3-2-12-26-17)25-14-15-4-9-19(24-13-15)27-18-7-5-16(21)6-8-18;/h2-9,12-13H,10-11,14H2,1H3,(H2,22,23,25);1H. The van der Waals surface area contributed by atoms with E-state index in [-0.39, 0.29) is 29.8 Å². The Labute approximate surface area is 180 Å². The number of aliphatic imine (C=N–C) groups is 1. The molecule has 0 saturated heterocycles. The maximum Gasteiger partial charge on any atom is 0.219 e. The number of rotatable bonds is 7. The molecule has 0 radical (unpaired) electrons. The van der Waals surface area contributed by atoms with Gasteiger partial charge in [0.2, 0.25) is 5.88 Å². The summed E-state index contributed by atoms with van der Waals surface area (Å²) in [4.78, 5) is 8.46. The van der Waals surface area contributed by atoms with Crippen LogP contribution in [-0.2, 0) is 13.0 Å². The topological polar surface area (TPSA) is 71.7 Å². The highest BCUT2D eigenvalue weighted by molar-refractivity contribution is 14.0. The van der Waals surface area contributed by atoms with Crippen LogP contribution >= 0.6 is 24.0 Å². The van der Waals surface area contributed by atoms with Crippen molar-refractivity contribution in [2.45, 2.75) is 13.0 Å². The van der Waals surface area contributed by atoms with Crippen molar-refractivity contribution in [1.82, 2.24) is 15.6 Å². The Kier molecular flexibility index (Phi) is 8.73. The molecule has 148 valence electrons. The van der Waals surface area contributed by atoms with Crippen LogP contribution in [0.15, 0.2) is 70.4 Å². The predicted molar refractivity (Wildman–Crippen MR) is 117 cm³/mol. The van der Waals surface area contributed by atoms with E-state index >= 15 is 0 Å². The molecule has 0 unspecified atom stereocenters. The Balaban J connectivity index is 0.00000280. The third-order valence-corrected chi connectivity index (χ3v) is 3.76. The number of ether oxygens (including phenoxy) is 1. The number of guanidine groups is 1. The van der Waals surface area contributed by atoms with Crippen molar-refractivity contribution < 1.29 is 13.5 Å². The summed E-state index contributed by atoms with van der Waals surface area (Å²) in [6.07, 6.45) is 4.17. The van der Waals surface area contributed by atoms with Crippen LogP contribution in [0.25, 0.3) is 0 Å². The lowest BCUT2D eigenvalue weighted by Gasteiger charge is -2.11. The lowest BCUT2D eigenvalue weighted by atomic mass is 10.3. The third kappa shape index (κ3) is 6.84. The fourth-order valence-corrected chi connectivity index (χ4v) is 2.36. The summed E-state index contributed by atoms with van der Waals surface area (Å²) in [7, 11) is 1.72. The van der Waals surface area contributed by atoms with Gasteiger partial charge in [-0.3, -0.25) is 4.99 Å². The van der Waals surface area contributed by atoms with Crippen molar-refractivity contribution in [2.75, 3.05) is 13.6 Å². The monoisotopic (exact) mass is 496 g/mol. The summed E-state index contributed by atoms with van der Waals surface area (Å²) in [6, 6.07) is 13.3. The Hall–Kier alpha value is -2.62. The van der Waals surface area contributed by atoms with Crippen LogP contribution in [0.5, 0.6) is 11.6 Å². The van der Waals surface area contributed by atoms with E-state index in [1.165, 1.54) is 12.1 Å². The largest absolute Gasteiger partial charge is 0.469 e. The summed E-state index contributed by atoms with van der Waals surface area (Å²) in [5.41, 5.74) is 0.982. The van der Waals surface area contributed by atoms with Gasteiger partial charge in [-0.2, -0.15) is 0 Å². The lowest BCUT2D eigenvalue weighted by Crippen LogP contribution is -2.37. The molecule has 0 aliphatic rings. The molecule has 0 bridgehead atoms. The predicted octanol–water partition coefficient (Wildman–Crippen LogP) is 4.13. The Morgan fingerprint density at radius 1 is 1.14 bits per heavy atom. The normalized spacial score (nSPS) is 10.9. The van der Waals surface area contributed by atoms with Gasteiger partial charge in [0.05, 0.1) is 6.26 Å². The summed E-state index contributed by atoms with van der Waals surface area (Å²) in [5, 5.41) is 6.46. The van der Waals surface area contributed by atoms with Gasteiger partial charge < -0.3 is 19.8 Å². The average molecular weight is 496 g/mol. The number of nitrogens with one attached hydrogen (secondary N) is 2. The summed E-state index contributed by atoms with van der Waals surface area (Å²) in [5.74, 6) is 2.32. The van der Waals surface area contributed by atoms with E-state index in [0.29, 0.717) is 24.1 Å². The molecule has 28 heavy (non-hydrogen) atoms. The second kappa shape index (κ2) is 11.3. The lowest BCUT2D eigenvalue weighted by molar-refractivity contribution is 0.461. The van der Waals surface area contributed by atoms with E-state index in [0.717, 1.165) is 24.3 Å². The second-order valence-corrected chi connectivity index (χ2v) is 5.74. The molecular weight excluding hydrogens is 474 g/mol. The highest BCUT2D eigenvalue weighted by Gasteiger charge is 2.02. The van der Waals surface area contributed by atoms with Crippen LogP contribution in [0.1, 0.15) is 11.3 Å². The van der Waals surface area contributed by atoms with Crippen LogP contribution in [0.3, 0.4) is 0 Å². The molecule has 0 atom stereocenters. The molecule has 0 fully saturated rings. The molecule has 0 saturated carbocycles. The van der Waals surface area contributed by atoms with E-state index in [4.69, 9.17) is 9.15 Å². The van der Waals surface area contributed by atoms with Crippen molar-refractivity contribution in [2.24, 2.45) is 4.99 Å². The molecule has 0 aliphatic heterocycles. The molecule has 6 nitrogen and oxygen atoms in total. The molecule has 2 N–H and O–H groups in total. The van der Waals surface area contributed by atoms with E-state index in [9.17, 15) is 4.39 Å². The van der Waals surface area contributed by atoms with Crippen LogP contribution in [0, 0.1) is 5.82 Å². The molecule has 2 heterocycles. The first-order valence-electron chi connectivity index (χ1n) is 8.58. The number of hydrogen-bond donors (Lipinski definition) is 2. The fourth-order valence-electron chi connectivity index (χ4n) is 2.36. The van der Waals surface area contributed by atoms with Crippen molar-refractivity contribution >= 4 is 29.9 Å². The molecule has 8 heteroatoms. The summed E-state index contributed by atoms with van der Waals surface area (Å²) < 4.78 is 23.8. The minimum Gasteiger partial charge on any atom is -0.469 e. The molecule has 3 aromatic rings. The van der Waals surface area contributed by atoms with E-state index in [2.05, 4.69) is 20.6 Å². The highest BCUT2D eigenvalue weighted by Crippen LogP contribution is 2.19. The zero-order valence-electron chi connectivity index (χ0n) is 15.4. The number of nitrogens with zero attached hydrogens (tertiary/aromatic N) is 2. The number of benzene rings is 1. The van der Waals surface area contributed by atoms with Crippen LogP contribution in [0.4, 0.5) is 4.39 Å². The highest BCUT2D eigenvalue weighted by atomic mass is 127. The maximum atomic E-state index is 12.9. The summed E-state index contributed by atoms with van der Waals surface area (Å²) >= 11 is 0. The fraction of sp³-hybridized carbons (Fsp3) is 0.200. The molecule has 0 spiro atoms. The van der Waals surface area contributed by atoms with Crippen LogP contribution < -0.4 is 15.4 Å². The first-order valence-corrected chi connectivity index (χ1v) is 8.58. The van der Waals surface area contributed by atoms with Gasteiger partial charge in [-0.1, -0.05) is 6.07 Å². The maximum absolute atomic E-state index is 12.9. The van der Waals surface area contributed by atoms with Crippen molar-refractivity contribution in [3.05, 3.63) is 78.1 Å². The zero-order valence-corrected chi connectivity index (χ0v) is 17.7. The van der Waals surface area contributed by atoms with Gasteiger partial charge in [0.25, 0.3) is 0 Å². The second-order valence-electron chi connectivity index (χ2n) is 5.74. The first kappa shape index (κ1) is 21.7. The molecule has 0 aliphatic carbocycles. The van der Waals surface area contributed by atoms with Crippen LogP contribution in [-0.4, -0.2) is 24.5 Å². The molecule has 2 aromatic heterocycles. The molecule has 1 aromatic carbocycles. The van der Waals surface area contributed by atoms with Gasteiger partial charge in [0.15, 0.2) is 5.96 Å². The number of aromatic nitrogens is 1. The molecule has 3 rings (SSSR count). The first-order chi connectivity index (χ1) is 13.2. The van der Waals surface area contributed by atoms with E-state index in [1.54, 1.807) is 37.7 Å². The third-order valence-electron chi connectivity index (χ3n) is 3.76. The minimum atomic E-state index is -0.303. The Morgan fingerprint density at radius 2 is 1.96 bits per heavy atom. The van der Waals surface area contributed by atoms with Gasteiger partial charge in [-0.05, 0) is 42.0 Å². The van der Waals surface area contributed by atoms with Gasteiger partial charge in [0.1, 0.15) is 17.3 Å². The van der Waals surface area contributed by atoms with Crippen molar-refractivity contribution in [1.29, 1.82) is 0 Å². The van der Waals surface area contributed by atoms with Gasteiger partial charge in [-0.15, -0.1) is 24.0 Å². The smallest absolute Gasteiger partial charge is 0.219 e. The number of hydrogen-bond acceptors (Lipinski definition) is 4.